The van der Waals surface area contributed by atoms with E-state index in [1.54, 1.807) is 12.1 Å². The molecule has 0 saturated carbocycles. The van der Waals surface area contributed by atoms with E-state index in [2.05, 4.69) is 15.2 Å². The Morgan fingerprint density at radius 3 is 3.00 bits per heavy atom. The number of carbonyl (C=O) groups is 1. The van der Waals surface area contributed by atoms with Gasteiger partial charge in [-0.05, 0) is 12.1 Å². The van der Waals surface area contributed by atoms with Crippen LogP contribution < -0.4 is 5.84 Å². The van der Waals surface area contributed by atoms with E-state index >= 15 is 0 Å². The third kappa shape index (κ3) is 2.72. The van der Waals surface area contributed by atoms with Crippen LogP contribution in [0.1, 0.15) is 16.2 Å². The van der Waals surface area contributed by atoms with E-state index < -0.39 is 5.97 Å². The molecule has 0 atom stereocenters. The second-order valence-electron chi connectivity index (χ2n) is 3.13. The van der Waals surface area contributed by atoms with Crippen LogP contribution in [0.5, 0.6) is 0 Å². The summed E-state index contributed by atoms with van der Waals surface area (Å²) in [6.45, 7) is 0. The zero-order chi connectivity index (χ0) is 12.3. The van der Waals surface area contributed by atoms with Crippen LogP contribution >= 0.6 is 11.8 Å². The molecule has 0 spiro atoms. The lowest BCUT2D eigenvalue weighted by Gasteiger charge is -2.01. The molecule has 8 heteroatoms. The Kier molecular flexibility index (Phi) is 3.24. The van der Waals surface area contributed by atoms with Crippen LogP contribution in [0, 0.1) is 0 Å². The lowest BCUT2D eigenvalue weighted by Crippen LogP contribution is -2.08. The lowest BCUT2D eigenvalue weighted by molar-refractivity contribution is 0.0690. The summed E-state index contributed by atoms with van der Waals surface area (Å²) < 4.78 is 1.30. The molecular weight excluding hydrogens is 242 g/mol. The molecular formula is C9H9N5O2S. The Morgan fingerprint density at radius 1 is 1.53 bits per heavy atom. The van der Waals surface area contributed by atoms with Gasteiger partial charge in [-0.1, -0.05) is 17.8 Å². The van der Waals surface area contributed by atoms with Crippen molar-refractivity contribution in [2.45, 2.75) is 10.9 Å². The van der Waals surface area contributed by atoms with Gasteiger partial charge in [0.05, 0.1) is 5.69 Å². The van der Waals surface area contributed by atoms with Gasteiger partial charge < -0.3 is 10.9 Å². The van der Waals surface area contributed by atoms with Crippen molar-refractivity contribution < 1.29 is 9.90 Å². The monoisotopic (exact) mass is 251 g/mol. The minimum atomic E-state index is -1.04. The van der Waals surface area contributed by atoms with Crippen molar-refractivity contribution in [3.8, 4) is 0 Å². The summed E-state index contributed by atoms with van der Waals surface area (Å²) in [5.41, 5.74) is 0.676. The largest absolute Gasteiger partial charge is 0.477 e. The normalized spacial score (nSPS) is 10.4. The first-order valence-corrected chi connectivity index (χ1v) is 5.62. The molecule has 0 aliphatic heterocycles. The molecule has 7 nitrogen and oxygen atoms in total. The second kappa shape index (κ2) is 4.83. The molecule has 0 bridgehead atoms. The van der Waals surface area contributed by atoms with Crippen molar-refractivity contribution in [3.63, 3.8) is 0 Å². The first-order valence-electron chi connectivity index (χ1n) is 4.64. The molecule has 0 unspecified atom stereocenters. The molecule has 2 aromatic rings. The highest BCUT2D eigenvalue weighted by molar-refractivity contribution is 7.98. The number of thioether (sulfide) groups is 1. The minimum Gasteiger partial charge on any atom is -0.477 e. The van der Waals surface area contributed by atoms with Crippen LogP contribution in [0.3, 0.4) is 0 Å². The van der Waals surface area contributed by atoms with Gasteiger partial charge in [0, 0.05) is 5.75 Å². The van der Waals surface area contributed by atoms with Gasteiger partial charge in [-0.15, -0.1) is 10.2 Å². The van der Waals surface area contributed by atoms with Gasteiger partial charge in [-0.25, -0.2) is 14.5 Å². The zero-order valence-corrected chi connectivity index (χ0v) is 9.46. The maximum Gasteiger partial charge on any atom is 0.354 e. The van der Waals surface area contributed by atoms with Gasteiger partial charge in [0.15, 0.2) is 0 Å². The SMILES string of the molecule is Nn1cnnc1SCc1cccc(C(=O)O)n1. The van der Waals surface area contributed by atoms with Crippen molar-refractivity contribution in [1.82, 2.24) is 19.9 Å². The van der Waals surface area contributed by atoms with Gasteiger partial charge in [0.2, 0.25) is 5.16 Å². The summed E-state index contributed by atoms with van der Waals surface area (Å²) in [6, 6.07) is 4.85. The molecule has 0 saturated heterocycles. The fourth-order valence-electron chi connectivity index (χ4n) is 1.15. The predicted molar refractivity (Wildman–Crippen MR) is 60.9 cm³/mol. The molecule has 0 aromatic carbocycles. The number of pyridine rings is 1. The summed E-state index contributed by atoms with van der Waals surface area (Å²) in [5, 5.41) is 16.8. The van der Waals surface area contributed by atoms with E-state index in [0.29, 0.717) is 16.6 Å². The molecule has 0 aliphatic carbocycles. The van der Waals surface area contributed by atoms with Crippen LogP contribution in [0.2, 0.25) is 0 Å². The average molecular weight is 251 g/mol. The highest BCUT2D eigenvalue weighted by atomic mass is 32.2. The van der Waals surface area contributed by atoms with Crippen molar-refractivity contribution in [1.29, 1.82) is 0 Å². The zero-order valence-electron chi connectivity index (χ0n) is 8.65. The summed E-state index contributed by atoms with van der Waals surface area (Å²) in [5.74, 6) is 4.98. The molecule has 3 N–H and O–H groups in total. The standard InChI is InChI=1S/C9H9N5O2S/c10-14-5-11-13-9(14)17-4-6-2-1-3-7(12-6)8(15)16/h1-3,5H,4,10H2,(H,15,16). The minimum absolute atomic E-state index is 0.0253. The summed E-state index contributed by atoms with van der Waals surface area (Å²) in [4.78, 5) is 14.7. The molecule has 0 radical (unpaired) electrons. The number of nitrogens with zero attached hydrogens (tertiary/aromatic N) is 4. The molecule has 2 aromatic heterocycles. The number of carboxylic acid groups (broad SMARTS) is 1. The lowest BCUT2D eigenvalue weighted by atomic mass is 10.3. The van der Waals surface area contributed by atoms with Gasteiger partial charge in [-0.2, -0.15) is 0 Å². The van der Waals surface area contributed by atoms with Crippen molar-refractivity contribution in [2.75, 3.05) is 5.84 Å². The number of rotatable bonds is 4. The van der Waals surface area contributed by atoms with Crippen molar-refractivity contribution in [2.24, 2.45) is 0 Å². The summed E-state index contributed by atoms with van der Waals surface area (Å²) >= 11 is 1.34. The van der Waals surface area contributed by atoms with E-state index in [9.17, 15) is 4.79 Å². The molecule has 2 rings (SSSR count). The van der Waals surface area contributed by atoms with Crippen molar-refractivity contribution >= 4 is 17.7 Å². The fraction of sp³-hybridized carbons (Fsp3) is 0.111. The highest BCUT2D eigenvalue weighted by Gasteiger charge is 2.07. The topological polar surface area (TPSA) is 107 Å². The van der Waals surface area contributed by atoms with Gasteiger partial charge in [-0.3, -0.25) is 0 Å². The Labute approximate surface area is 101 Å². The van der Waals surface area contributed by atoms with E-state index in [4.69, 9.17) is 10.9 Å². The highest BCUT2D eigenvalue weighted by Crippen LogP contribution is 2.18. The smallest absolute Gasteiger partial charge is 0.354 e. The quantitative estimate of drug-likeness (QED) is 0.597. The average Bonchev–Trinajstić information content (AvgIpc) is 2.72. The Hall–Kier alpha value is -2.09. The van der Waals surface area contributed by atoms with Crippen LogP contribution in [0.15, 0.2) is 29.7 Å². The fourth-order valence-corrected chi connectivity index (χ4v) is 1.89. The molecule has 2 heterocycles. The first-order chi connectivity index (χ1) is 8.16. The number of hydrogen-bond acceptors (Lipinski definition) is 6. The summed E-state index contributed by atoms with van der Waals surface area (Å²) in [7, 11) is 0. The number of aromatic carboxylic acids is 1. The maximum atomic E-state index is 10.7. The van der Waals surface area contributed by atoms with Crippen LogP contribution in [0.4, 0.5) is 0 Å². The maximum absolute atomic E-state index is 10.7. The summed E-state index contributed by atoms with van der Waals surface area (Å²) in [6.07, 6.45) is 1.39. The number of aromatic nitrogens is 4. The Morgan fingerprint density at radius 2 is 2.35 bits per heavy atom. The van der Waals surface area contributed by atoms with E-state index in [1.165, 1.54) is 28.8 Å². The predicted octanol–water partition coefficient (Wildman–Crippen LogP) is 0.377. The number of nitrogen functional groups attached to an aromatic ring is 1. The number of carboxylic acids is 1. The van der Waals surface area contributed by atoms with Gasteiger partial charge >= 0.3 is 5.97 Å². The van der Waals surface area contributed by atoms with Crippen LogP contribution in [0.25, 0.3) is 0 Å². The second-order valence-corrected chi connectivity index (χ2v) is 4.07. The molecule has 0 aliphatic rings. The Balaban J connectivity index is 2.07. The first kappa shape index (κ1) is 11.4. The Bertz CT molecular complexity index is 542. The third-order valence-corrected chi connectivity index (χ3v) is 2.91. The third-order valence-electron chi connectivity index (χ3n) is 1.92. The van der Waals surface area contributed by atoms with E-state index in [1.807, 2.05) is 0 Å². The number of nitrogens with two attached hydrogens (primary N) is 1. The molecule has 17 heavy (non-hydrogen) atoms. The van der Waals surface area contributed by atoms with Gasteiger partial charge in [0.25, 0.3) is 0 Å². The molecule has 0 fully saturated rings. The van der Waals surface area contributed by atoms with Crippen molar-refractivity contribution in [3.05, 3.63) is 35.9 Å². The van der Waals surface area contributed by atoms with Crippen LogP contribution in [-0.2, 0) is 5.75 Å². The molecule has 88 valence electrons. The van der Waals surface area contributed by atoms with Gasteiger partial charge in [0.1, 0.15) is 12.0 Å². The number of hydrogen-bond donors (Lipinski definition) is 2. The van der Waals surface area contributed by atoms with E-state index in [-0.39, 0.29) is 5.69 Å². The van der Waals surface area contributed by atoms with Crippen LogP contribution in [-0.4, -0.2) is 30.9 Å². The molecule has 0 amide bonds. The van der Waals surface area contributed by atoms with E-state index in [0.717, 1.165) is 0 Å².